The molecule has 0 radical (unpaired) electrons. The third kappa shape index (κ3) is 1.34. The van der Waals surface area contributed by atoms with Crippen LogP contribution in [0.5, 0.6) is 0 Å². The summed E-state index contributed by atoms with van der Waals surface area (Å²) in [5.74, 6) is -0.0810. The van der Waals surface area contributed by atoms with Gasteiger partial charge < -0.3 is 9.88 Å². The Morgan fingerprint density at radius 2 is 2.07 bits per heavy atom. The second-order valence-corrected chi connectivity index (χ2v) is 3.11. The molecule has 2 rings (SSSR count). The van der Waals surface area contributed by atoms with Crippen LogP contribution in [0.15, 0.2) is 15.8 Å². The Kier molecular flexibility index (Phi) is 1.95. The first-order valence-electron chi connectivity index (χ1n) is 4.31. The normalized spacial score (nSPS) is 16.3. The number of carbonyl (C=O) groups is 1. The van der Waals surface area contributed by atoms with Gasteiger partial charge in [-0.15, -0.1) is 0 Å². The molecule has 1 aliphatic rings. The van der Waals surface area contributed by atoms with Crippen LogP contribution in [0, 0.1) is 0 Å². The van der Waals surface area contributed by atoms with Gasteiger partial charge in [0.2, 0.25) is 5.91 Å². The van der Waals surface area contributed by atoms with Crippen LogP contribution in [-0.4, -0.2) is 22.4 Å². The molecule has 14 heavy (non-hydrogen) atoms. The van der Waals surface area contributed by atoms with Crippen LogP contribution in [0.4, 0.5) is 5.69 Å². The number of hydrogen-bond acceptors (Lipinski definition) is 3. The Labute approximate surface area is 78.6 Å². The Morgan fingerprint density at radius 1 is 1.29 bits per heavy atom. The maximum atomic E-state index is 11.3. The molecule has 0 saturated carbocycles. The summed E-state index contributed by atoms with van der Waals surface area (Å²) >= 11 is 0. The zero-order valence-corrected chi connectivity index (χ0v) is 7.37. The molecule has 1 saturated heterocycles. The van der Waals surface area contributed by atoms with E-state index in [4.69, 9.17) is 0 Å². The van der Waals surface area contributed by atoms with Crippen molar-refractivity contribution in [1.82, 2.24) is 9.97 Å². The van der Waals surface area contributed by atoms with Gasteiger partial charge in [0.05, 0.1) is 0 Å². The summed E-state index contributed by atoms with van der Waals surface area (Å²) in [6, 6.07) is 0. The largest absolute Gasteiger partial charge is 0.325 e. The highest BCUT2D eigenvalue weighted by Gasteiger charge is 2.23. The molecule has 1 aromatic rings. The molecule has 0 bridgehead atoms. The number of amides is 1. The third-order valence-corrected chi connectivity index (χ3v) is 2.16. The Hall–Kier alpha value is -1.85. The number of rotatable bonds is 1. The SMILES string of the molecule is O=C1CCCN1c1c[nH]c(=O)[nH]c1=O. The lowest BCUT2D eigenvalue weighted by atomic mass is 10.4. The molecule has 1 aromatic heterocycles. The van der Waals surface area contributed by atoms with Crippen molar-refractivity contribution in [1.29, 1.82) is 0 Å². The second-order valence-electron chi connectivity index (χ2n) is 3.11. The van der Waals surface area contributed by atoms with E-state index in [1.165, 1.54) is 11.1 Å². The minimum atomic E-state index is -0.564. The van der Waals surface area contributed by atoms with Gasteiger partial charge in [0.1, 0.15) is 5.69 Å². The van der Waals surface area contributed by atoms with Gasteiger partial charge in [-0.05, 0) is 6.42 Å². The highest BCUT2D eigenvalue weighted by Crippen LogP contribution is 2.15. The first kappa shape index (κ1) is 8.74. The van der Waals surface area contributed by atoms with Crippen molar-refractivity contribution >= 4 is 11.6 Å². The van der Waals surface area contributed by atoms with Gasteiger partial charge in [0.15, 0.2) is 0 Å². The number of aromatic nitrogens is 2. The standard InChI is InChI=1S/C8H9N3O3/c12-6-2-1-3-11(6)5-4-9-8(14)10-7(5)13/h4H,1-3H2,(H2,9,10,13,14). The molecule has 1 aliphatic heterocycles. The van der Waals surface area contributed by atoms with E-state index in [0.717, 1.165) is 6.42 Å². The summed E-state index contributed by atoms with van der Waals surface area (Å²) in [5.41, 5.74) is -0.874. The molecule has 0 aromatic carbocycles. The van der Waals surface area contributed by atoms with Crippen molar-refractivity contribution in [3.05, 3.63) is 27.0 Å². The summed E-state index contributed by atoms with van der Waals surface area (Å²) in [5, 5.41) is 0. The van der Waals surface area contributed by atoms with E-state index in [1.54, 1.807) is 0 Å². The summed E-state index contributed by atoms with van der Waals surface area (Å²) in [6.45, 7) is 0.536. The molecule has 2 heterocycles. The van der Waals surface area contributed by atoms with Crippen molar-refractivity contribution < 1.29 is 4.79 Å². The van der Waals surface area contributed by atoms with Crippen LogP contribution in [0.25, 0.3) is 0 Å². The van der Waals surface area contributed by atoms with Crippen LogP contribution in [-0.2, 0) is 4.79 Å². The molecule has 2 N–H and O–H groups in total. The van der Waals surface area contributed by atoms with Gasteiger partial charge in [0, 0.05) is 19.2 Å². The number of hydrogen-bond donors (Lipinski definition) is 2. The van der Waals surface area contributed by atoms with Gasteiger partial charge in [-0.1, -0.05) is 0 Å². The van der Waals surface area contributed by atoms with Crippen LogP contribution in [0.3, 0.4) is 0 Å². The minimum absolute atomic E-state index is 0.0810. The zero-order valence-electron chi connectivity index (χ0n) is 7.37. The summed E-state index contributed by atoms with van der Waals surface area (Å²) in [6.07, 6.45) is 2.47. The number of H-pyrrole nitrogens is 2. The predicted molar refractivity (Wildman–Crippen MR) is 49.3 cm³/mol. The Morgan fingerprint density at radius 3 is 2.64 bits per heavy atom. The highest BCUT2D eigenvalue weighted by molar-refractivity contribution is 5.94. The minimum Gasteiger partial charge on any atom is -0.312 e. The van der Waals surface area contributed by atoms with Crippen LogP contribution in [0.2, 0.25) is 0 Å². The van der Waals surface area contributed by atoms with Crippen molar-refractivity contribution in [2.24, 2.45) is 0 Å². The van der Waals surface area contributed by atoms with Gasteiger partial charge in [-0.2, -0.15) is 0 Å². The van der Waals surface area contributed by atoms with E-state index in [1.807, 2.05) is 0 Å². The monoisotopic (exact) mass is 195 g/mol. The topological polar surface area (TPSA) is 86.0 Å². The van der Waals surface area contributed by atoms with Crippen molar-refractivity contribution in [3.8, 4) is 0 Å². The summed E-state index contributed by atoms with van der Waals surface area (Å²) in [4.78, 5) is 39.1. The van der Waals surface area contributed by atoms with Crippen LogP contribution in [0.1, 0.15) is 12.8 Å². The van der Waals surface area contributed by atoms with Crippen molar-refractivity contribution in [3.63, 3.8) is 0 Å². The van der Waals surface area contributed by atoms with Crippen molar-refractivity contribution in [2.45, 2.75) is 12.8 Å². The fourth-order valence-corrected chi connectivity index (χ4v) is 1.51. The molecule has 1 fully saturated rings. The van der Waals surface area contributed by atoms with E-state index in [9.17, 15) is 14.4 Å². The third-order valence-electron chi connectivity index (χ3n) is 2.16. The van der Waals surface area contributed by atoms with Gasteiger partial charge >= 0.3 is 5.69 Å². The Balaban J connectivity index is 2.46. The van der Waals surface area contributed by atoms with Crippen LogP contribution < -0.4 is 16.1 Å². The molecule has 0 unspecified atom stereocenters. The number of aromatic amines is 2. The molecule has 74 valence electrons. The fraction of sp³-hybridized carbons (Fsp3) is 0.375. The quantitative estimate of drug-likeness (QED) is 0.614. The molecule has 0 atom stereocenters. The average molecular weight is 195 g/mol. The van der Waals surface area contributed by atoms with E-state index < -0.39 is 11.2 Å². The fourth-order valence-electron chi connectivity index (χ4n) is 1.51. The summed E-state index contributed by atoms with van der Waals surface area (Å²) < 4.78 is 0. The molecule has 6 nitrogen and oxygen atoms in total. The first-order valence-corrected chi connectivity index (χ1v) is 4.31. The predicted octanol–water partition coefficient (Wildman–Crippen LogP) is -0.810. The first-order chi connectivity index (χ1) is 6.68. The van der Waals surface area contributed by atoms with Gasteiger partial charge in [-0.25, -0.2) is 4.79 Å². The van der Waals surface area contributed by atoms with E-state index in [0.29, 0.717) is 13.0 Å². The number of nitrogens with one attached hydrogen (secondary N) is 2. The van der Waals surface area contributed by atoms with E-state index in [-0.39, 0.29) is 11.6 Å². The highest BCUT2D eigenvalue weighted by atomic mass is 16.2. The van der Waals surface area contributed by atoms with E-state index in [2.05, 4.69) is 9.97 Å². The second kappa shape index (κ2) is 3.13. The van der Waals surface area contributed by atoms with E-state index >= 15 is 0 Å². The number of carbonyl (C=O) groups excluding carboxylic acids is 1. The molecule has 0 aliphatic carbocycles. The lowest BCUT2D eigenvalue weighted by molar-refractivity contribution is -0.117. The number of anilines is 1. The summed E-state index contributed by atoms with van der Waals surface area (Å²) in [7, 11) is 0. The maximum absolute atomic E-state index is 11.3. The Bertz CT molecular complexity index is 473. The van der Waals surface area contributed by atoms with Gasteiger partial charge in [-0.3, -0.25) is 14.6 Å². The van der Waals surface area contributed by atoms with Crippen molar-refractivity contribution in [2.75, 3.05) is 11.4 Å². The smallest absolute Gasteiger partial charge is 0.312 e. The molecular formula is C8H9N3O3. The molecule has 6 heteroatoms. The average Bonchev–Trinajstić information content (AvgIpc) is 2.52. The van der Waals surface area contributed by atoms with Crippen LogP contribution >= 0.6 is 0 Å². The number of nitrogens with zero attached hydrogens (tertiary/aromatic N) is 1. The zero-order chi connectivity index (χ0) is 10.1. The lowest BCUT2D eigenvalue weighted by Gasteiger charge is -2.12. The van der Waals surface area contributed by atoms with Gasteiger partial charge in [0.25, 0.3) is 5.56 Å². The lowest BCUT2D eigenvalue weighted by Crippen LogP contribution is -2.33. The maximum Gasteiger partial charge on any atom is 0.325 e. The molecule has 1 amide bonds. The molecule has 0 spiro atoms. The molecular weight excluding hydrogens is 186 g/mol.